The molecule has 8 heavy (non-hydrogen) atoms. The van der Waals surface area contributed by atoms with Crippen molar-refractivity contribution in [1.29, 1.82) is 0 Å². The normalized spacial score (nSPS) is 1.00. The van der Waals surface area contributed by atoms with Crippen LogP contribution < -0.4 is 0 Å². The first-order valence-corrected chi connectivity index (χ1v) is 1.22. The van der Waals surface area contributed by atoms with Gasteiger partial charge in [0.1, 0.15) is 0 Å². The molecular weight excluding hydrogens is 226 g/mol. The second-order valence-electron chi connectivity index (χ2n) is 0.0833. The Kier molecular flexibility index (Phi) is 712. The number of hydrogen-bond donors (Lipinski definition) is 0. The molecule has 0 unspecified atom stereocenters. The molecule has 0 rings (SSSR count). The van der Waals surface area contributed by atoms with Crippen LogP contribution in [0, 0.1) is 0 Å². The minimum atomic E-state index is -1.42. The van der Waals surface area contributed by atoms with Crippen LogP contribution in [0.25, 0.3) is 0 Å². The summed E-state index contributed by atoms with van der Waals surface area (Å²) in [5.41, 5.74) is 0. The molecule has 0 aliphatic rings. The second-order valence-corrected chi connectivity index (χ2v) is 0.250. The molecule has 0 atom stereocenters. The van der Waals surface area contributed by atoms with Crippen molar-refractivity contribution in [3.8, 4) is 0 Å². The van der Waals surface area contributed by atoms with Crippen molar-refractivity contribution in [3.05, 3.63) is 0 Å². The van der Waals surface area contributed by atoms with Crippen molar-refractivity contribution in [1.82, 2.24) is 0 Å². The van der Waals surface area contributed by atoms with Crippen molar-refractivity contribution in [2.45, 2.75) is 0 Å². The van der Waals surface area contributed by atoms with Gasteiger partial charge in [-0.3, -0.25) is 8.92 Å². The van der Waals surface area contributed by atoms with Gasteiger partial charge in [-0.1, -0.05) is 0 Å². The SMILES string of the molecule is O=[Si]=O.[Al+3].[O-2].[O-2].[O-2].[Zr+4]. The Bertz CT molecular complexity index is 33.4. The van der Waals surface area contributed by atoms with Gasteiger partial charge < -0.3 is 16.4 Å². The van der Waals surface area contributed by atoms with Gasteiger partial charge in [0.25, 0.3) is 0 Å². The summed E-state index contributed by atoms with van der Waals surface area (Å²) >= 11 is 0. The Morgan fingerprint density at radius 2 is 0.875 bits per heavy atom. The summed E-state index contributed by atoms with van der Waals surface area (Å²) in [4.78, 5) is 0. The summed E-state index contributed by atoms with van der Waals surface area (Å²) in [5.74, 6) is 0. The topological polar surface area (TPSA) is 120 Å². The molecule has 0 aromatic carbocycles. The number of rotatable bonds is 0. The van der Waals surface area contributed by atoms with Crippen LogP contribution in [0.5, 0.6) is 0 Å². The van der Waals surface area contributed by atoms with Gasteiger partial charge in [0, 0.05) is 0 Å². The van der Waals surface area contributed by atoms with Crippen molar-refractivity contribution < 1.29 is 51.6 Å². The predicted octanol–water partition coefficient (Wildman–Crippen LogP) is -1.36. The Morgan fingerprint density at radius 1 is 0.875 bits per heavy atom. The average molecular weight is 226 g/mol. The maximum absolute atomic E-state index is 8.40. The smallest absolute Gasteiger partial charge is 2.00 e. The summed E-state index contributed by atoms with van der Waals surface area (Å²) in [6, 6.07) is 0. The van der Waals surface area contributed by atoms with Gasteiger partial charge in [0.15, 0.2) is 0 Å². The van der Waals surface area contributed by atoms with E-state index >= 15 is 0 Å². The Morgan fingerprint density at radius 3 is 0.875 bits per heavy atom. The van der Waals surface area contributed by atoms with Gasteiger partial charge in [0.2, 0.25) is 0 Å². The van der Waals surface area contributed by atoms with Crippen LogP contribution in [0.4, 0.5) is 0 Å². The Hall–Kier alpha value is 1.11. The zero-order valence-electron chi connectivity index (χ0n) is 3.62. The molecule has 40 valence electrons. The van der Waals surface area contributed by atoms with Gasteiger partial charge in [-0.05, 0) is 0 Å². The molecule has 0 spiro atoms. The van der Waals surface area contributed by atoms with Crippen LogP contribution in [-0.2, 0) is 51.6 Å². The molecule has 0 bridgehead atoms. The van der Waals surface area contributed by atoms with Crippen LogP contribution in [0.1, 0.15) is 0 Å². The van der Waals surface area contributed by atoms with Gasteiger partial charge in [-0.15, -0.1) is 0 Å². The van der Waals surface area contributed by atoms with E-state index in [4.69, 9.17) is 8.92 Å². The minimum absolute atomic E-state index is 0. The quantitative estimate of drug-likeness (QED) is 0.474. The third-order valence-electron chi connectivity index (χ3n) is 0. The first-order chi connectivity index (χ1) is 1.41. The van der Waals surface area contributed by atoms with E-state index in [1.54, 1.807) is 0 Å². The average Bonchev–Trinajstić information content (AvgIpc) is 0.918. The minimum Gasteiger partial charge on any atom is -2.00 e. The van der Waals surface area contributed by atoms with E-state index in [2.05, 4.69) is 0 Å². The fourth-order valence-corrected chi connectivity index (χ4v) is 0. The predicted molar refractivity (Wildman–Crippen MR) is 14.9 cm³/mol. The van der Waals surface area contributed by atoms with Crippen LogP contribution >= 0.6 is 0 Å². The third kappa shape index (κ3) is 215. The molecule has 5 nitrogen and oxygen atoms in total. The van der Waals surface area contributed by atoms with Crippen molar-refractivity contribution in [2.24, 2.45) is 0 Å². The molecule has 0 fully saturated rings. The third-order valence-corrected chi connectivity index (χ3v) is 0. The van der Waals surface area contributed by atoms with Gasteiger partial charge in [0.05, 0.1) is 0 Å². The molecule has 0 heterocycles. The van der Waals surface area contributed by atoms with Crippen LogP contribution in [0.3, 0.4) is 0 Å². The summed E-state index contributed by atoms with van der Waals surface area (Å²) < 4.78 is 16.8. The molecule has 0 amide bonds. The molecule has 0 saturated carbocycles. The molecule has 0 saturated heterocycles. The summed E-state index contributed by atoms with van der Waals surface area (Å²) in [6.07, 6.45) is 0. The standard InChI is InChI=1S/Al.O2Si.3O.Zr/c;1-3-2;;;;/q+3;;3*-2;+4. The molecule has 0 aliphatic carbocycles. The Balaban J connectivity index is -0.00000000200. The van der Waals surface area contributed by atoms with E-state index in [0.29, 0.717) is 0 Å². The maximum atomic E-state index is 8.40. The molecule has 0 aromatic heterocycles. The van der Waals surface area contributed by atoms with Crippen LogP contribution in [0.2, 0.25) is 0 Å². The maximum Gasteiger partial charge on any atom is 4.00 e. The monoisotopic (exact) mass is 225 g/mol. The summed E-state index contributed by atoms with van der Waals surface area (Å²) in [6.45, 7) is 0. The second kappa shape index (κ2) is 92.0. The van der Waals surface area contributed by atoms with Crippen molar-refractivity contribution in [3.63, 3.8) is 0 Å². The van der Waals surface area contributed by atoms with E-state index in [0.717, 1.165) is 0 Å². The first-order valence-electron chi connectivity index (χ1n) is 0.408. The largest absolute Gasteiger partial charge is 4.00 e. The zero-order chi connectivity index (χ0) is 2.71. The molecule has 0 radical (unpaired) electrons. The zero-order valence-corrected chi connectivity index (χ0v) is 8.23. The van der Waals surface area contributed by atoms with E-state index in [9.17, 15) is 0 Å². The van der Waals surface area contributed by atoms with Crippen molar-refractivity contribution >= 4 is 26.7 Å². The fourth-order valence-electron chi connectivity index (χ4n) is 0. The summed E-state index contributed by atoms with van der Waals surface area (Å²) in [7, 11) is -1.42. The molecule has 0 aromatic rings. The molecule has 8 heteroatoms. The van der Waals surface area contributed by atoms with Crippen LogP contribution in [0.15, 0.2) is 0 Å². The van der Waals surface area contributed by atoms with Gasteiger partial charge >= 0.3 is 52.9 Å². The van der Waals surface area contributed by atoms with E-state index in [1.807, 2.05) is 0 Å². The van der Waals surface area contributed by atoms with E-state index < -0.39 is 9.29 Å². The van der Waals surface area contributed by atoms with E-state index in [-0.39, 0.29) is 60.0 Å². The molecule has 0 aliphatic heterocycles. The summed E-state index contributed by atoms with van der Waals surface area (Å²) in [5, 5.41) is 0. The molecular formula is AlO5SiZr+. The fraction of sp³-hybridized carbons (Fsp3) is 0. The molecule has 0 N–H and O–H groups in total. The van der Waals surface area contributed by atoms with Crippen molar-refractivity contribution in [2.75, 3.05) is 0 Å². The van der Waals surface area contributed by atoms with Gasteiger partial charge in [-0.2, -0.15) is 0 Å². The van der Waals surface area contributed by atoms with Crippen LogP contribution in [-0.4, -0.2) is 26.7 Å². The van der Waals surface area contributed by atoms with E-state index in [1.165, 1.54) is 0 Å². The number of hydrogen-bond acceptors (Lipinski definition) is 2. The Labute approximate surface area is 78.0 Å². The van der Waals surface area contributed by atoms with Gasteiger partial charge in [-0.25, -0.2) is 0 Å². The first kappa shape index (κ1) is 61.9.